The monoisotopic (exact) mass is 288 g/mol. The topological polar surface area (TPSA) is 12.5 Å². The Hall–Kier alpha value is -0.560. The molecule has 0 amide bonds. The molecule has 21 heavy (non-hydrogen) atoms. The molecule has 3 rings (SSSR count). The molecule has 3 aliphatic rings. The summed E-state index contributed by atoms with van der Waals surface area (Å²) >= 11 is 0. The van der Waals surface area contributed by atoms with Crippen molar-refractivity contribution < 1.29 is 4.74 Å². The predicted octanol–water partition coefficient (Wildman–Crippen LogP) is 5.66. The van der Waals surface area contributed by atoms with E-state index in [9.17, 15) is 0 Å². The van der Waals surface area contributed by atoms with Crippen LogP contribution in [0.15, 0.2) is 23.3 Å². The van der Waals surface area contributed by atoms with Crippen molar-refractivity contribution in [3.63, 3.8) is 0 Å². The Morgan fingerprint density at radius 3 is 2.57 bits per heavy atom. The first-order valence-electron chi connectivity index (χ1n) is 8.82. The lowest BCUT2D eigenvalue weighted by Crippen LogP contribution is -2.26. The van der Waals surface area contributed by atoms with Gasteiger partial charge in [-0.3, -0.25) is 0 Å². The molecule has 1 heteroatoms. The number of rotatable bonds is 3. The molecule has 3 fully saturated rings. The van der Waals surface area contributed by atoms with Crippen LogP contribution in [0.1, 0.15) is 73.1 Å². The molecule has 0 unspecified atom stereocenters. The van der Waals surface area contributed by atoms with Gasteiger partial charge in [-0.15, -0.1) is 0 Å². The Bertz CT molecular complexity index is 470. The highest BCUT2D eigenvalue weighted by Crippen LogP contribution is 2.61. The van der Waals surface area contributed by atoms with Crippen LogP contribution < -0.4 is 0 Å². The first-order chi connectivity index (χ1) is 9.84. The van der Waals surface area contributed by atoms with Gasteiger partial charge in [0.25, 0.3) is 0 Å². The Kier molecular flexibility index (Phi) is 3.84. The van der Waals surface area contributed by atoms with E-state index in [4.69, 9.17) is 4.74 Å². The van der Waals surface area contributed by atoms with Gasteiger partial charge in [0, 0.05) is 0 Å². The van der Waals surface area contributed by atoms with E-state index in [2.05, 4.69) is 46.8 Å². The molecule has 0 aromatic rings. The Morgan fingerprint density at radius 2 is 1.86 bits per heavy atom. The number of fused-ring (bicyclic) bond motifs is 2. The molecule has 0 aromatic carbocycles. The van der Waals surface area contributed by atoms with Crippen LogP contribution in [0.2, 0.25) is 0 Å². The van der Waals surface area contributed by atoms with Gasteiger partial charge in [-0.2, -0.15) is 0 Å². The quantitative estimate of drug-likeness (QED) is 0.482. The van der Waals surface area contributed by atoms with Gasteiger partial charge in [0.2, 0.25) is 0 Å². The molecule has 1 saturated heterocycles. The van der Waals surface area contributed by atoms with E-state index < -0.39 is 0 Å². The molecule has 0 bridgehead atoms. The van der Waals surface area contributed by atoms with E-state index in [1.54, 1.807) is 5.57 Å². The molecule has 1 heterocycles. The van der Waals surface area contributed by atoms with Gasteiger partial charge in [0.1, 0.15) is 0 Å². The minimum Gasteiger partial charge on any atom is -0.366 e. The first-order valence-corrected chi connectivity index (χ1v) is 8.82. The maximum atomic E-state index is 5.98. The summed E-state index contributed by atoms with van der Waals surface area (Å²) in [6.07, 6.45) is 13.2. The summed E-state index contributed by atoms with van der Waals surface area (Å²) in [5, 5.41) is 0. The van der Waals surface area contributed by atoms with Crippen LogP contribution in [0.4, 0.5) is 0 Å². The van der Waals surface area contributed by atoms with Crippen LogP contribution >= 0.6 is 0 Å². The summed E-state index contributed by atoms with van der Waals surface area (Å²) in [6.45, 7) is 11.6. The van der Waals surface area contributed by atoms with E-state index >= 15 is 0 Å². The zero-order chi connectivity index (χ0) is 15.3. The van der Waals surface area contributed by atoms with Crippen LogP contribution in [0, 0.1) is 17.3 Å². The van der Waals surface area contributed by atoms with Gasteiger partial charge in [-0.1, -0.05) is 30.2 Å². The lowest BCUT2D eigenvalue weighted by molar-refractivity contribution is 0.141. The number of epoxide rings is 1. The predicted molar refractivity (Wildman–Crippen MR) is 89.3 cm³/mol. The van der Waals surface area contributed by atoms with Gasteiger partial charge in [0.15, 0.2) is 0 Å². The average molecular weight is 288 g/mol. The lowest BCUT2D eigenvalue weighted by Gasteiger charge is -2.33. The maximum absolute atomic E-state index is 5.98. The molecule has 5 atom stereocenters. The smallest absolute Gasteiger partial charge is 0.0920 e. The average Bonchev–Trinajstić information content (AvgIpc) is 2.91. The van der Waals surface area contributed by atoms with Crippen molar-refractivity contribution in [2.24, 2.45) is 17.3 Å². The highest BCUT2D eigenvalue weighted by molar-refractivity contribution is 5.17. The fourth-order valence-corrected chi connectivity index (χ4v) is 4.97. The highest BCUT2D eigenvalue weighted by atomic mass is 16.6. The minimum atomic E-state index is 0.234. The molecule has 2 aliphatic carbocycles. The molecule has 0 radical (unpaired) electrons. The van der Waals surface area contributed by atoms with Crippen molar-refractivity contribution in [1.82, 2.24) is 0 Å². The van der Waals surface area contributed by atoms with E-state index in [1.807, 2.05) is 0 Å². The normalized spacial score (nSPS) is 45.6. The van der Waals surface area contributed by atoms with Gasteiger partial charge in [0.05, 0.1) is 11.7 Å². The lowest BCUT2D eigenvalue weighted by atomic mass is 9.72. The number of hydrogen-bond acceptors (Lipinski definition) is 1. The van der Waals surface area contributed by atoms with Gasteiger partial charge in [-0.25, -0.2) is 0 Å². The van der Waals surface area contributed by atoms with Crippen molar-refractivity contribution >= 4 is 0 Å². The van der Waals surface area contributed by atoms with Crippen LogP contribution in [0.3, 0.4) is 0 Å². The molecule has 1 nitrogen and oxygen atoms in total. The summed E-state index contributed by atoms with van der Waals surface area (Å²) in [6, 6.07) is 0. The first kappa shape index (κ1) is 15.3. The van der Waals surface area contributed by atoms with E-state index in [1.165, 1.54) is 37.7 Å². The Labute approximate surface area is 130 Å². The molecular formula is C20H32O. The zero-order valence-corrected chi connectivity index (χ0v) is 14.5. The molecule has 0 aromatic heterocycles. The van der Waals surface area contributed by atoms with E-state index in [0.717, 1.165) is 18.3 Å². The molecular weight excluding hydrogens is 256 g/mol. The number of allylic oxidation sites excluding steroid dienone is 4. The number of hydrogen-bond donors (Lipinski definition) is 0. The molecule has 118 valence electrons. The third-order valence-electron chi connectivity index (χ3n) is 6.60. The summed E-state index contributed by atoms with van der Waals surface area (Å²) in [5.41, 5.74) is 3.82. The van der Waals surface area contributed by atoms with Gasteiger partial charge >= 0.3 is 0 Å². The van der Waals surface area contributed by atoms with Crippen molar-refractivity contribution in [2.75, 3.05) is 0 Å². The van der Waals surface area contributed by atoms with Crippen molar-refractivity contribution in [1.29, 1.82) is 0 Å². The number of ether oxygens (including phenoxy) is 1. The molecule has 2 saturated carbocycles. The van der Waals surface area contributed by atoms with Gasteiger partial charge < -0.3 is 4.74 Å². The minimum absolute atomic E-state index is 0.234. The third-order valence-corrected chi connectivity index (χ3v) is 6.60. The third kappa shape index (κ3) is 2.86. The second-order valence-electron chi connectivity index (χ2n) is 8.53. The Morgan fingerprint density at radius 1 is 1.10 bits per heavy atom. The van der Waals surface area contributed by atoms with Crippen LogP contribution in [0.5, 0.6) is 0 Å². The fourth-order valence-electron chi connectivity index (χ4n) is 4.97. The van der Waals surface area contributed by atoms with Gasteiger partial charge in [-0.05, 0) is 83.5 Å². The molecule has 0 N–H and O–H groups in total. The second kappa shape index (κ2) is 5.26. The highest BCUT2D eigenvalue weighted by Gasteiger charge is 2.60. The summed E-state index contributed by atoms with van der Waals surface area (Å²) in [5.74, 6) is 1.70. The largest absolute Gasteiger partial charge is 0.366 e. The summed E-state index contributed by atoms with van der Waals surface area (Å²) < 4.78 is 5.98. The van der Waals surface area contributed by atoms with Crippen molar-refractivity contribution in [2.45, 2.75) is 84.8 Å². The zero-order valence-electron chi connectivity index (χ0n) is 14.5. The second-order valence-corrected chi connectivity index (χ2v) is 8.53. The standard InChI is InChI=1S/C20H32O/c1-14(2)7-6-8-15(3)16-9-11-19(4)13-18-20(5,21-18)12-10-17(16)19/h7-8,16-18H,6,9-13H2,1-5H3/b15-8+/t16-,17-,18-,19+,20+/m1/s1. The van der Waals surface area contributed by atoms with Crippen molar-refractivity contribution in [3.05, 3.63) is 23.3 Å². The van der Waals surface area contributed by atoms with E-state index in [0.29, 0.717) is 11.5 Å². The summed E-state index contributed by atoms with van der Waals surface area (Å²) in [4.78, 5) is 0. The van der Waals surface area contributed by atoms with Crippen LogP contribution in [-0.2, 0) is 4.74 Å². The maximum Gasteiger partial charge on any atom is 0.0920 e. The van der Waals surface area contributed by atoms with Crippen LogP contribution in [0.25, 0.3) is 0 Å². The van der Waals surface area contributed by atoms with E-state index in [-0.39, 0.29) is 5.60 Å². The molecule has 1 aliphatic heterocycles. The molecule has 0 spiro atoms. The Balaban J connectivity index is 1.72. The van der Waals surface area contributed by atoms with Crippen molar-refractivity contribution in [3.8, 4) is 0 Å². The van der Waals surface area contributed by atoms with Crippen LogP contribution in [-0.4, -0.2) is 11.7 Å². The SMILES string of the molecule is CC(C)=CC/C=C(\C)[C@H]1CC[C@@]2(C)C[C@H]3O[C@@]3(C)CC[C@H]12. The fraction of sp³-hybridized carbons (Fsp3) is 0.800. The summed E-state index contributed by atoms with van der Waals surface area (Å²) in [7, 11) is 0.